The lowest BCUT2D eigenvalue weighted by molar-refractivity contribution is 0.198. The van der Waals surface area contributed by atoms with Crippen molar-refractivity contribution in [3.8, 4) is 0 Å². The van der Waals surface area contributed by atoms with Crippen molar-refractivity contribution in [1.82, 2.24) is 5.32 Å². The quantitative estimate of drug-likeness (QED) is 0.790. The third-order valence-corrected chi connectivity index (χ3v) is 4.74. The summed E-state index contributed by atoms with van der Waals surface area (Å²) in [7, 11) is 1.62. The van der Waals surface area contributed by atoms with Crippen LogP contribution in [0.5, 0.6) is 0 Å². The molecule has 110 valence electrons. The minimum Gasteiger partial charge on any atom is -0.383 e. The van der Waals surface area contributed by atoms with Crippen molar-refractivity contribution in [1.29, 1.82) is 0 Å². The van der Waals surface area contributed by atoms with E-state index in [0.717, 1.165) is 10.6 Å². The van der Waals surface area contributed by atoms with Crippen LogP contribution in [-0.4, -0.2) is 31.5 Å². The Morgan fingerprint density at radius 1 is 1.35 bits per heavy atom. The third-order valence-electron chi connectivity index (χ3n) is 3.32. The number of methoxy groups -OCH3 is 1. The number of para-hydroxylation sites is 1. The van der Waals surface area contributed by atoms with E-state index >= 15 is 0 Å². The molecule has 1 fully saturated rings. The van der Waals surface area contributed by atoms with Gasteiger partial charge in [0.05, 0.1) is 12.3 Å². The molecule has 0 heterocycles. The maximum atomic E-state index is 11.8. The zero-order chi connectivity index (χ0) is 14.2. The second-order valence-corrected chi connectivity index (χ2v) is 6.24. The molecule has 0 unspecified atom stereocenters. The highest BCUT2D eigenvalue weighted by atomic mass is 32.2. The number of thioether (sulfide) groups is 1. The van der Waals surface area contributed by atoms with Gasteiger partial charge in [0.2, 0.25) is 0 Å². The van der Waals surface area contributed by atoms with Crippen molar-refractivity contribution in [3.05, 3.63) is 24.3 Å². The summed E-state index contributed by atoms with van der Waals surface area (Å²) < 4.78 is 4.91. The fraction of sp³-hybridized carbons (Fsp3) is 0.533. The number of rotatable bonds is 6. The van der Waals surface area contributed by atoms with E-state index in [1.165, 1.54) is 25.7 Å². The predicted octanol–water partition coefficient (Wildman–Crippen LogP) is 3.49. The van der Waals surface area contributed by atoms with E-state index < -0.39 is 0 Å². The average Bonchev–Trinajstić information content (AvgIpc) is 2.94. The van der Waals surface area contributed by atoms with Crippen LogP contribution in [0.2, 0.25) is 0 Å². The minimum absolute atomic E-state index is 0.179. The Labute approximate surface area is 124 Å². The maximum absolute atomic E-state index is 11.8. The van der Waals surface area contributed by atoms with Gasteiger partial charge < -0.3 is 15.4 Å². The summed E-state index contributed by atoms with van der Waals surface area (Å²) in [4.78, 5) is 12.9. The molecule has 0 spiro atoms. The topological polar surface area (TPSA) is 50.4 Å². The van der Waals surface area contributed by atoms with Gasteiger partial charge in [-0.2, -0.15) is 0 Å². The van der Waals surface area contributed by atoms with Crippen molar-refractivity contribution < 1.29 is 9.53 Å². The number of ether oxygens (including phenoxy) is 1. The molecule has 2 rings (SSSR count). The fourth-order valence-corrected chi connectivity index (χ4v) is 3.62. The minimum atomic E-state index is -0.179. The molecular formula is C15H22N2O2S. The van der Waals surface area contributed by atoms with Crippen LogP contribution in [0.1, 0.15) is 25.7 Å². The van der Waals surface area contributed by atoms with Crippen LogP contribution in [0.3, 0.4) is 0 Å². The van der Waals surface area contributed by atoms with Gasteiger partial charge in [-0.25, -0.2) is 4.79 Å². The van der Waals surface area contributed by atoms with E-state index in [0.29, 0.717) is 18.4 Å². The van der Waals surface area contributed by atoms with E-state index in [4.69, 9.17) is 4.74 Å². The summed E-state index contributed by atoms with van der Waals surface area (Å²) in [6.45, 7) is 1.03. The highest BCUT2D eigenvalue weighted by Crippen LogP contribution is 2.37. The lowest BCUT2D eigenvalue weighted by Gasteiger charge is -2.14. The summed E-state index contributed by atoms with van der Waals surface area (Å²) in [6, 6.07) is 7.82. The molecule has 1 aliphatic carbocycles. The van der Waals surface area contributed by atoms with Gasteiger partial charge in [0.15, 0.2) is 0 Å². The molecule has 2 amide bonds. The van der Waals surface area contributed by atoms with Crippen molar-refractivity contribution in [2.75, 3.05) is 25.6 Å². The first-order valence-electron chi connectivity index (χ1n) is 7.09. The number of hydrogen-bond donors (Lipinski definition) is 2. The first-order chi connectivity index (χ1) is 9.79. The van der Waals surface area contributed by atoms with E-state index in [-0.39, 0.29) is 6.03 Å². The number of carbonyl (C=O) groups excluding carboxylic acids is 1. The van der Waals surface area contributed by atoms with Crippen molar-refractivity contribution in [2.45, 2.75) is 35.8 Å². The van der Waals surface area contributed by atoms with Crippen LogP contribution in [0.15, 0.2) is 29.2 Å². The Morgan fingerprint density at radius 2 is 2.10 bits per heavy atom. The lowest BCUT2D eigenvalue weighted by atomic mass is 10.3. The van der Waals surface area contributed by atoms with Crippen LogP contribution in [0.25, 0.3) is 0 Å². The van der Waals surface area contributed by atoms with Crippen LogP contribution in [-0.2, 0) is 4.74 Å². The Balaban J connectivity index is 1.91. The Kier molecular flexibility index (Phi) is 6.21. The molecule has 20 heavy (non-hydrogen) atoms. The smallest absolute Gasteiger partial charge is 0.319 e. The largest absolute Gasteiger partial charge is 0.383 e. The molecule has 5 heteroatoms. The Morgan fingerprint density at radius 3 is 2.85 bits per heavy atom. The highest BCUT2D eigenvalue weighted by Gasteiger charge is 2.17. The molecular weight excluding hydrogens is 272 g/mol. The number of benzene rings is 1. The summed E-state index contributed by atoms with van der Waals surface area (Å²) in [5.41, 5.74) is 0.888. The van der Waals surface area contributed by atoms with Crippen LogP contribution in [0.4, 0.5) is 10.5 Å². The molecule has 0 aromatic heterocycles. The molecule has 1 aromatic rings. The first kappa shape index (κ1) is 15.2. The molecule has 0 aliphatic heterocycles. The molecule has 1 aromatic carbocycles. The van der Waals surface area contributed by atoms with Gasteiger partial charge in [-0.15, -0.1) is 11.8 Å². The van der Waals surface area contributed by atoms with Crippen molar-refractivity contribution in [2.24, 2.45) is 0 Å². The average molecular weight is 294 g/mol. The monoisotopic (exact) mass is 294 g/mol. The summed E-state index contributed by atoms with van der Waals surface area (Å²) in [5, 5.41) is 6.37. The zero-order valence-electron chi connectivity index (χ0n) is 11.9. The standard InChI is InChI=1S/C15H22N2O2S/c1-19-11-10-16-15(18)17-13-8-4-5-9-14(13)20-12-6-2-3-7-12/h4-5,8-9,12H,2-3,6-7,10-11H2,1H3,(H2,16,17,18). The first-order valence-corrected chi connectivity index (χ1v) is 7.97. The van der Waals surface area contributed by atoms with Gasteiger partial charge in [-0.3, -0.25) is 0 Å². The molecule has 0 radical (unpaired) electrons. The zero-order valence-corrected chi connectivity index (χ0v) is 12.7. The van der Waals surface area contributed by atoms with Gasteiger partial charge in [-0.1, -0.05) is 25.0 Å². The van der Waals surface area contributed by atoms with Crippen molar-refractivity contribution >= 4 is 23.5 Å². The number of hydrogen-bond acceptors (Lipinski definition) is 3. The van der Waals surface area contributed by atoms with Gasteiger partial charge in [-0.05, 0) is 25.0 Å². The molecule has 4 nitrogen and oxygen atoms in total. The number of urea groups is 1. The van der Waals surface area contributed by atoms with Crippen molar-refractivity contribution in [3.63, 3.8) is 0 Å². The van der Waals surface area contributed by atoms with E-state index in [2.05, 4.69) is 16.7 Å². The molecule has 0 atom stereocenters. The maximum Gasteiger partial charge on any atom is 0.319 e. The Bertz CT molecular complexity index is 434. The second-order valence-electron chi connectivity index (χ2n) is 4.89. The molecule has 1 aliphatic rings. The van der Waals surface area contributed by atoms with Crippen LogP contribution in [0, 0.1) is 0 Å². The molecule has 0 bridgehead atoms. The number of anilines is 1. The normalized spacial score (nSPS) is 15.2. The van der Waals surface area contributed by atoms with Crippen LogP contribution < -0.4 is 10.6 Å². The summed E-state index contributed by atoms with van der Waals surface area (Å²) in [6.07, 6.45) is 5.20. The molecule has 0 saturated heterocycles. The van der Waals surface area contributed by atoms with Gasteiger partial charge in [0.1, 0.15) is 0 Å². The third kappa shape index (κ3) is 4.72. The van der Waals surface area contributed by atoms with Gasteiger partial charge in [0.25, 0.3) is 0 Å². The highest BCUT2D eigenvalue weighted by molar-refractivity contribution is 8.00. The van der Waals surface area contributed by atoms with Gasteiger partial charge >= 0.3 is 6.03 Å². The summed E-state index contributed by atoms with van der Waals surface area (Å²) in [5.74, 6) is 0. The van der Waals surface area contributed by atoms with E-state index in [1.807, 2.05) is 30.0 Å². The van der Waals surface area contributed by atoms with Crippen LogP contribution >= 0.6 is 11.8 Å². The fourth-order valence-electron chi connectivity index (χ4n) is 2.29. The predicted molar refractivity (Wildman–Crippen MR) is 83.5 cm³/mol. The number of amides is 2. The molecule has 1 saturated carbocycles. The second kappa shape index (κ2) is 8.17. The number of nitrogens with one attached hydrogen (secondary N) is 2. The van der Waals surface area contributed by atoms with E-state index in [9.17, 15) is 4.79 Å². The SMILES string of the molecule is COCCNC(=O)Nc1ccccc1SC1CCCC1. The summed E-state index contributed by atoms with van der Waals surface area (Å²) >= 11 is 1.88. The molecule has 2 N–H and O–H groups in total. The Hall–Kier alpha value is -1.20. The van der Waals surface area contributed by atoms with E-state index in [1.54, 1.807) is 7.11 Å². The lowest BCUT2D eigenvalue weighted by Crippen LogP contribution is -2.31. The van der Waals surface area contributed by atoms with Gasteiger partial charge in [0, 0.05) is 23.8 Å². The number of carbonyl (C=O) groups is 1.